The molecule has 5 atom stereocenters. The van der Waals surface area contributed by atoms with Gasteiger partial charge in [0, 0.05) is 6.42 Å². The zero-order valence-corrected chi connectivity index (χ0v) is 16.6. The molecule has 5 unspecified atom stereocenters. The molecule has 0 aliphatic carbocycles. The van der Waals surface area contributed by atoms with Gasteiger partial charge in [0.1, 0.15) is 24.2 Å². The number of carbonyl (C=O) groups is 4. The fraction of sp³-hybridized carbons (Fsp3) is 0.474. The Bertz CT molecular complexity index is 725. The Hall–Kier alpha value is -2.98. The van der Waals surface area contributed by atoms with E-state index < -0.39 is 54.0 Å². The second-order valence-electron chi connectivity index (χ2n) is 6.82. The highest BCUT2D eigenvalue weighted by Gasteiger charge is 2.28. The molecule has 160 valence electrons. The minimum atomic E-state index is -1.22. The van der Waals surface area contributed by atoms with E-state index in [2.05, 4.69) is 16.0 Å². The molecule has 0 aromatic heterocycles. The van der Waals surface area contributed by atoms with Crippen molar-refractivity contribution in [2.45, 2.75) is 57.5 Å². The summed E-state index contributed by atoms with van der Waals surface area (Å²) in [6.45, 7) is 4.04. The summed E-state index contributed by atoms with van der Waals surface area (Å²) in [5.74, 6) is -3.25. The smallest absolute Gasteiger partial charge is 0.325 e. The molecule has 0 bridgehead atoms. The van der Waals surface area contributed by atoms with Gasteiger partial charge < -0.3 is 31.9 Å². The van der Waals surface area contributed by atoms with Gasteiger partial charge in [0.15, 0.2) is 0 Å². The number of aliphatic hydroxyl groups is 1. The first-order valence-electron chi connectivity index (χ1n) is 9.14. The number of aliphatic hydroxyl groups excluding tert-OH is 1. The SMILES string of the molecule is CC(NC(=O)C(C)NC(=O)C(Cc1ccccc1)NC(=O)C(N)C(C)O)C(=O)O. The van der Waals surface area contributed by atoms with Gasteiger partial charge in [-0.1, -0.05) is 30.3 Å². The van der Waals surface area contributed by atoms with Gasteiger partial charge in [0.25, 0.3) is 0 Å². The molecule has 0 aliphatic rings. The number of carbonyl (C=O) groups excluding carboxylic acids is 3. The number of hydrogen-bond donors (Lipinski definition) is 6. The summed E-state index contributed by atoms with van der Waals surface area (Å²) in [6, 6.07) is 4.46. The number of nitrogens with two attached hydrogens (primary N) is 1. The fourth-order valence-electron chi connectivity index (χ4n) is 2.33. The Kier molecular flexibility index (Phi) is 9.23. The number of carboxylic acids is 1. The molecule has 0 heterocycles. The first-order valence-corrected chi connectivity index (χ1v) is 9.14. The summed E-state index contributed by atoms with van der Waals surface area (Å²) in [5.41, 5.74) is 6.38. The zero-order valence-electron chi connectivity index (χ0n) is 16.6. The van der Waals surface area contributed by atoms with Crippen molar-refractivity contribution in [1.29, 1.82) is 0 Å². The Morgan fingerprint density at radius 3 is 1.97 bits per heavy atom. The molecule has 7 N–H and O–H groups in total. The van der Waals surface area contributed by atoms with E-state index in [0.29, 0.717) is 0 Å². The van der Waals surface area contributed by atoms with E-state index in [1.54, 1.807) is 30.3 Å². The topological polar surface area (TPSA) is 171 Å². The van der Waals surface area contributed by atoms with Crippen molar-refractivity contribution >= 4 is 23.7 Å². The second-order valence-corrected chi connectivity index (χ2v) is 6.82. The molecule has 0 radical (unpaired) electrons. The second kappa shape index (κ2) is 11.1. The Morgan fingerprint density at radius 1 is 0.897 bits per heavy atom. The number of carboxylic acid groups (broad SMARTS) is 1. The van der Waals surface area contributed by atoms with Crippen molar-refractivity contribution in [3.63, 3.8) is 0 Å². The highest BCUT2D eigenvalue weighted by Crippen LogP contribution is 2.05. The van der Waals surface area contributed by atoms with Crippen LogP contribution in [0.2, 0.25) is 0 Å². The van der Waals surface area contributed by atoms with Crippen LogP contribution in [0.5, 0.6) is 0 Å². The van der Waals surface area contributed by atoms with E-state index in [0.717, 1.165) is 5.56 Å². The quantitative estimate of drug-likeness (QED) is 0.274. The summed E-state index contributed by atoms with van der Waals surface area (Å²) in [6.07, 6.45) is -0.984. The molecule has 3 amide bonds. The summed E-state index contributed by atoms with van der Waals surface area (Å²) in [4.78, 5) is 47.8. The van der Waals surface area contributed by atoms with Crippen molar-refractivity contribution in [2.24, 2.45) is 5.73 Å². The van der Waals surface area contributed by atoms with Crippen LogP contribution in [-0.2, 0) is 25.6 Å². The molecule has 0 spiro atoms. The van der Waals surface area contributed by atoms with Crippen LogP contribution in [0.1, 0.15) is 26.3 Å². The van der Waals surface area contributed by atoms with Gasteiger partial charge in [-0.25, -0.2) is 0 Å². The standard InChI is InChI=1S/C19H28N4O6/c1-10(16(25)22-11(2)19(28)29)21-17(26)14(9-13-7-5-4-6-8-13)23-18(27)15(20)12(3)24/h4-8,10-12,14-15,24H,9,20H2,1-3H3,(H,21,26)(H,22,25)(H,23,27)(H,28,29). The van der Waals surface area contributed by atoms with Crippen molar-refractivity contribution < 1.29 is 29.4 Å². The first-order chi connectivity index (χ1) is 13.5. The van der Waals surface area contributed by atoms with Crippen LogP contribution in [0.15, 0.2) is 30.3 Å². The number of benzene rings is 1. The van der Waals surface area contributed by atoms with Gasteiger partial charge in [-0.15, -0.1) is 0 Å². The van der Waals surface area contributed by atoms with Crippen LogP contribution in [0.4, 0.5) is 0 Å². The number of hydrogen-bond acceptors (Lipinski definition) is 6. The van der Waals surface area contributed by atoms with Crippen LogP contribution < -0.4 is 21.7 Å². The van der Waals surface area contributed by atoms with Crippen LogP contribution in [-0.4, -0.2) is 64.2 Å². The average molecular weight is 408 g/mol. The molecule has 10 heteroatoms. The Labute approximate surface area is 168 Å². The predicted octanol–water partition coefficient (Wildman–Crippen LogP) is -1.48. The van der Waals surface area contributed by atoms with E-state index in [4.69, 9.17) is 10.8 Å². The lowest BCUT2D eigenvalue weighted by molar-refractivity contribution is -0.141. The molecular formula is C19H28N4O6. The highest BCUT2D eigenvalue weighted by atomic mass is 16.4. The van der Waals surface area contributed by atoms with Crippen LogP contribution in [0, 0.1) is 0 Å². The molecule has 1 rings (SSSR count). The first kappa shape index (κ1) is 24.1. The monoisotopic (exact) mass is 408 g/mol. The average Bonchev–Trinajstić information content (AvgIpc) is 2.66. The lowest BCUT2D eigenvalue weighted by Gasteiger charge is -2.24. The van der Waals surface area contributed by atoms with Crippen molar-refractivity contribution in [2.75, 3.05) is 0 Å². The van der Waals surface area contributed by atoms with Crippen molar-refractivity contribution in [3.8, 4) is 0 Å². The summed E-state index contributed by atoms with van der Waals surface area (Å²) in [7, 11) is 0. The highest BCUT2D eigenvalue weighted by molar-refractivity contribution is 5.94. The lowest BCUT2D eigenvalue weighted by Crippen LogP contribution is -2.57. The normalized spacial score (nSPS) is 15.9. The maximum Gasteiger partial charge on any atom is 0.325 e. The molecule has 0 saturated carbocycles. The Balaban J connectivity index is 2.87. The van der Waals surface area contributed by atoms with Crippen LogP contribution in [0.3, 0.4) is 0 Å². The third-order valence-electron chi connectivity index (χ3n) is 4.22. The zero-order chi connectivity index (χ0) is 22.1. The van der Waals surface area contributed by atoms with Gasteiger partial charge in [0.2, 0.25) is 17.7 Å². The molecule has 29 heavy (non-hydrogen) atoms. The molecular weight excluding hydrogens is 380 g/mol. The van der Waals surface area contributed by atoms with Gasteiger partial charge >= 0.3 is 5.97 Å². The van der Waals surface area contributed by atoms with Crippen molar-refractivity contribution in [1.82, 2.24) is 16.0 Å². The lowest BCUT2D eigenvalue weighted by atomic mass is 10.0. The van der Waals surface area contributed by atoms with Crippen LogP contribution in [0.25, 0.3) is 0 Å². The van der Waals surface area contributed by atoms with Gasteiger partial charge in [-0.3, -0.25) is 19.2 Å². The molecule has 1 aromatic carbocycles. The molecule has 10 nitrogen and oxygen atoms in total. The van der Waals surface area contributed by atoms with E-state index in [1.165, 1.54) is 20.8 Å². The third-order valence-corrected chi connectivity index (χ3v) is 4.22. The van der Waals surface area contributed by atoms with E-state index in [-0.39, 0.29) is 6.42 Å². The van der Waals surface area contributed by atoms with E-state index in [9.17, 15) is 24.3 Å². The molecule has 0 aliphatic heterocycles. The summed E-state index contributed by atoms with van der Waals surface area (Å²) >= 11 is 0. The molecule has 0 fully saturated rings. The van der Waals surface area contributed by atoms with Gasteiger partial charge in [-0.05, 0) is 26.3 Å². The molecule has 1 aromatic rings. The number of aliphatic carboxylic acids is 1. The van der Waals surface area contributed by atoms with Gasteiger partial charge in [0.05, 0.1) is 6.10 Å². The maximum absolute atomic E-state index is 12.7. The fourth-order valence-corrected chi connectivity index (χ4v) is 2.33. The van der Waals surface area contributed by atoms with E-state index >= 15 is 0 Å². The minimum Gasteiger partial charge on any atom is -0.480 e. The third kappa shape index (κ3) is 7.88. The Morgan fingerprint density at radius 2 is 1.45 bits per heavy atom. The molecule has 0 saturated heterocycles. The number of nitrogens with one attached hydrogen (secondary N) is 3. The predicted molar refractivity (Wildman–Crippen MR) is 105 cm³/mol. The largest absolute Gasteiger partial charge is 0.480 e. The summed E-state index contributed by atoms with van der Waals surface area (Å²) < 4.78 is 0. The maximum atomic E-state index is 12.7. The number of rotatable bonds is 10. The summed E-state index contributed by atoms with van der Waals surface area (Å²) in [5, 5.41) is 25.6. The van der Waals surface area contributed by atoms with Crippen LogP contribution >= 0.6 is 0 Å². The minimum absolute atomic E-state index is 0.130. The van der Waals surface area contributed by atoms with E-state index in [1.807, 2.05) is 0 Å². The number of amides is 3. The van der Waals surface area contributed by atoms with Crippen molar-refractivity contribution in [3.05, 3.63) is 35.9 Å². The van der Waals surface area contributed by atoms with Gasteiger partial charge in [-0.2, -0.15) is 0 Å².